The number of rotatable bonds is 5. The molecule has 35 heavy (non-hydrogen) atoms. The highest BCUT2D eigenvalue weighted by molar-refractivity contribution is 7.90. The molecule has 1 amide bonds. The van der Waals surface area contributed by atoms with Crippen molar-refractivity contribution in [3.05, 3.63) is 65.9 Å². The average Bonchev–Trinajstić information content (AvgIpc) is 3.09. The topological polar surface area (TPSA) is 142 Å². The van der Waals surface area contributed by atoms with Gasteiger partial charge in [0.25, 0.3) is 15.9 Å². The Kier molecular flexibility index (Phi) is 6.21. The second-order valence-electron chi connectivity index (χ2n) is 9.32. The highest BCUT2D eigenvalue weighted by Gasteiger charge is 2.39. The number of nitrogens with two attached hydrogens (primary N) is 1. The van der Waals surface area contributed by atoms with E-state index in [0.29, 0.717) is 35.0 Å². The van der Waals surface area contributed by atoms with Gasteiger partial charge in [0.1, 0.15) is 11.6 Å². The zero-order valence-electron chi connectivity index (χ0n) is 19.7. The number of carbonyl (C=O) groups excluding carboxylic acids is 1. The summed E-state index contributed by atoms with van der Waals surface area (Å²) >= 11 is 0. The molecule has 10 heteroatoms. The van der Waals surface area contributed by atoms with Gasteiger partial charge in [0.15, 0.2) is 5.03 Å². The minimum absolute atomic E-state index is 0.0191. The van der Waals surface area contributed by atoms with Crippen molar-refractivity contribution in [1.29, 1.82) is 5.26 Å². The number of aromatic nitrogens is 2. The van der Waals surface area contributed by atoms with Crippen molar-refractivity contribution >= 4 is 27.6 Å². The summed E-state index contributed by atoms with van der Waals surface area (Å²) in [4.78, 5) is 23.9. The second kappa shape index (κ2) is 9.00. The van der Waals surface area contributed by atoms with Gasteiger partial charge in [0, 0.05) is 29.4 Å². The quantitative estimate of drug-likeness (QED) is 0.554. The van der Waals surface area contributed by atoms with E-state index >= 15 is 0 Å². The van der Waals surface area contributed by atoms with Gasteiger partial charge in [-0.3, -0.25) is 4.79 Å². The van der Waals surface area contributed by atoms with Gasteiger partial charge in [0.2, 0.25) is 0 Å². The maximum atomic E-state index is 13.4. The number of carbonyl (C=O) groups is 1. The number of pyridine rings is 2. The lowest BCUT2D eigenvalue weighted by atomic mass is 9.97. The van der Waals surface area contributed by atoms with Crippen LogP contribution in [0.4, 0.5) is 11.6 Å². The van der Waals surface area contributed by atoms with Gasteiger partial charge < -0.3 is 10.6 Å². The molecule has 0 bridgehead atoms. The number of hydrogen-bond acceptors (Lipinski definition) is 8. The molecule has 1 aliphatic heterocycles. The van der Waals surface area contributed by atoms with Crippen molar-refractivity contribution in [3.63, 3.8) is 0 Å². The Morgan fingerprint density at radius 3 is 2.63 bits per heavy atom. The molecule has 2 aromatic heterocycles. The molecular formula is C25H26N6O3S. The van der Waals surface area contributed by atoms with Gasteiger partial charge in [-0.05, 0) is 50.5 Å². The standard InChI is InChI=1S/C25H26N6O3S/c1-16-12-25(2,3)31(15-16)23-20(11-18(14-28-23)19-8-5-4-7-17(19)13-26)24(32)30-35(33,34)22-10-6-9-21(27)29-22/h4-11,14,16H,12,15H2,1-3H3,(H2,27,29)(H,30,32). The Morgan fingerprint density at radius 1 is 1.23 bits per heavy atom. The van der Waals surface area contributed by atoms with E-state index in [2.05, 4.69) is 41.5 Å². The Balaban J connectivity index is 1.82. The van der Waals surface area contributed by atoms with E-state index in [9.17, 15) is 18.5 Å². The zero-order valence-corrected chi connectivity index (χ0v) is 20.5. The van der Waals surface area contributed by atoms with E-state index in [0.717, 1.165) is 6.42 Å². The van der Waals surface area contributed by atoms with Crippen LogP contribution in [0.15, 0.2) is 59.8 Å². The number of nitriles is 1. The van der Waals surface area contributed by atoms with Crippen LogP contribution in [0, 0.1) is 17.2 Å². The smallest absolute Gasteiger partial charge is 0.281 e. The molecule has 1 atom stereocenters. The van der Waals surface area contributed by atoms with Crippen molar-refractivity contribution in [3.8, 4) is 17.2 Å². The third-order valence-electron chi connectivity index (χ3n) is 6.05. The zero-order chi connectivity index (χ0) is 25.4. The lowest BCUT2D eigenvalue weighted by molar-refractivity contribution is 0.0981. The van der Waals surface area contributed by atoms with Gasteiger partial charge in [-0.1, -0.05) is 31.2 Å². The first-order chi connectivity index (χ1) is 16.5. The monoisotopic (exact) mass is 490 g/mol. The van der Waals surface area contributed by atoms with E-state index in [4.69, 9.17) is 5.73 Å². The van der Waals surface area contributed by atoms with Crippen molar-refractivity contribution in [2.75, 3.05) is 17.2 Å². The molecule has 0 aliphatic carbocycles. The van der Waals surface area contributed by atoms with Crippen molar-refractivity contribution in [2.45, 2.75) is 37.8 Å². The van der Waals surface area contributed by atoms with Crippen LogP contribution in [-0.2, 0) is 10.0 Å². The van der Waals surface area contributed by atoms with Crippen LogP contribution >= 0.6 is 0 Å². The van der Waals surface area contributed by atoms with Crippen LogP contribution < -0.4 is 15.4 Å². The predicted molar refractivity (Wildman–Crippen MR) is 133 cm³/mol. The molecule has 4 rings (SSSR count). The fourth-order valence-corrected chi connectivity index (χ4v) is 5.53. The van der Waals surface area contributed by atoms with Crippen LogP contribution in [0.3, 0.4) is 0 Å². The van der Waals surface area contributed by atoms with Gasteiger partial charge in [-0.2, -0.15) is 13.7 Å². The van der Waals surface area contributed by atoms with Crippen LogP contribution in [0.2, 0.25) is 0 Å². The number of sulfonamides is 1. The van der Waals surface area contributed by atoms with Crippen LogP contribution in [0.5, 0.6) is 0 Å². The fourth-order valence-electron chi connectivity index (χ4n) is 4.59. The van der Waals surface area contributed by atoms with Gasteiger partial charge in [-0.25, -0.2) is 14.7 Å². The number of nitrogen functional groups attached to an aromatic ring is 1. The molecule has 0 spiro atoms. The number of amides is 1. The Labute approximate surface area is 204 Å². The van der Waals surface area contributed by atoms with E-state index in [1.54, 1.807) is 36.5 Å². The molecule has 1 unspecified atom stereocenters. The molecule has 1 aromatic carbocycles. The SMILES string of the molecule is CC1CN(c2ncc(-c3ccccc3C#N)cc2C(=O)NS(=O)(=O)c2cccc(N)n2)C(C)(C)C1. The molecular weight excluding hydrogens is 464 g/mol. The van der Waals surface area contributed by atoms with E-state index in [-0.39, 0.29) is 21.9 Å². The molecule has 0 radical (unpaired) electrons. The fraction of sp³-hybridized carbons (Fsp3) is 0.280. The van der Waals surface area contributed by atoms with E-state index in [1.165, 1.54) is 18.2 Å². The summed E-state index contributed by atoms with van der Waals surface area (Å²) in [6.45, 7) is 6.91. The number of anilines is 2. The first-order valence-electron chi connectivity index (χ1n) is 11.1. The van der Waals surface area contributed by atoms with E-state index in [1.807, 2.05) is 4.90 Å². The van der Waals surface area contributed by atoms with Gasteiger partial charge in [-0.15, -0.1) is 0 Å². The van der Waals surface area contributed by atoms with Crippen molar-refractivity contribution in [1.82, 2.24) is 14.7 Å². The van der Waals surface area contributed by atoms with Crippen molar-refractivity contribution < 1.29 is 13.2 Å². The Morgan fingerprint density at radius 2 is 1.97 bits per heavy atom. The third kappa shape index (κ3) is 4.81. The van der Waals surface area contributed by atoms with Gasteiger partial charge >= 0.3 is 0 Å². The number of hydrogen-bond donors (Lipinski definition) is 2. The minimum Gasteiger partial charge on any atom is -0.384 e. The Hall–Kier alpha value is -3.97. The molecule has 1 saturated heterocycles. The summed E-state index contributed by atoms with van der Waals surface area (Å²) < 4.78 is 27.9. The molecule has 1 fully saturated rings. The molecule has 1 aliphatic rings. The number of benzene rings is 1. The highest BCUT2D eigenvalue weighted by Crippen LogP contribution is 2.38. The predicted octanol–water partition coefficient (Wildman–Crippen LogP) is 3.34. The molecule has 3 heterocycles. The first kappa shape index (κ1) is 24.2. The lowest BCUT2D eigenvalue weighted by Crippen LogP contribution is -2.41. The normalized spacial score (nSPS) is 17.1. The summed E-state index contributed by atoms with van der Waals surface area (Å²) in [5.41, 5.74) is 6.97. The summed E-state index contributed by atoms with van der Waals surface area (Å²) in [7, 11) is -4.29. The summed E-state index contributed by atoms with van der Waals surface area (Å²) in [6, 6.07) is 14.8. The molecule has 3 aromatic rings. The maximum absolute atomic E-state index is 13.4. The minimum atomic E-state index is -4.29. The first-order valence-corrected chi connectivity index (χ1v) is 12.6. The maximum Gasteiger partial charge on any atom is 0.281 e. The van der Waals surface area contributed by atoms with Crippen LogP contribution in [-0.4, -0.2) is 36.4 Å². The lowest BCUT2D eigenvalue weighted by Gasteiger charge is -2.33. The molecule has 0 saturated carbocycles. The second-order valence-corrected chi connectivity index (χ2v) is 10.9. The van der Waals surface area contributed by atoms with E-state index < -0.39 is 15.9 Å². The molecule has 180 valence electrons. The van der Waals surface area contributed by atoms with Crippen LogP contribution in [0.1, 0.15) is 43.1 Å². The Bertz CT molecular complexity index is 1450. The van der Waals surface area contributed by atoms with Gasteiger partial charge in [0.05, 0.1) is 17.2 Å². The number of nitrogens with one attached hydrogen (secondary N) is 1. The molecule has 9 nitrogen and oxygen atoms in total. The summed E-state index contributed by atoms with van der Waals surface area (Å²) in [5, 5.41) is 9.17. The third-order valence-corrected chi connectivity index (χ3v) is 7.28. The van der Waals surface area contributed by atoms with Crippen molar-refractivity contribution in [2.24, 2.45) is 5.92 Å². The summed E-state index contributed by atoms with van der Waals surface area (Å²) in [6.07, 6.45) is 2.50. The summed E-state index contributed by atoms with van der Waals surface area (Å²) in [5.74, 6) is -0.0818. The highest BCUT2D eigenvalue weighted by atomic mass is 32.2. The largest absolute Gasteiger partial charge is 0.384 e. The van der Waals surface area contributed by atoms with Crippen LogP contribution in [0.25, 0.3) is 11.1 Å². The average molecular weight is 491 g/mol. The number of nitrogens with zero attached hydrogens (tertiary/aromatic N) is 4. The molecule has 3 N–H and O–H groups in total.